The lowest BCUT2D eigenvalue weighted by molar-refractivity contribution is -0.111. The molecule has 0 amide bonds. The molecule has 2 aromatic carbocycles. The Bertz CT molecular complexity index is 879. The highest BCUT2D eigenvalue weighted by atomic mass is 16.1. The molecule has 1 saturated heterocycles. The summed E-state index contributed by atoms with van der Waals surface area (Å²) in [5.74, 6) is 0. The molecule has 1 fully saturated rings. The maximum Gasteiger partial charge on any atom is 0.137 e. The minimum Gasteiger partial charge on any atom is -0.302 e. The van der Waals surface area contributed by atoms with E-state index in [0.29, 0.717) is 0 Å². The molecule has 1 atom stereocenters. The maximum atomic E-state index is 11.2. The van der Waals surface area contributed by atoms with E-state index in [2.05, 4.69) is 66.1 Å². The molecule has 2 aromatic rings. The Hall–Kier alpha value is -2.45. The zero-order valence-corrected chi connectivity index (χ0v) is 15.9. The van der Waals surface area contributed by atoms with Crippen LogP contribution in [0.3, 0.4) is 0 Å². The number of nitrogens with zero attached hydrogens (tertiary/aromatic N) is 1. The highest BCUT2D eigenvalue weighted by Gasteiger charge is 2.23. The van der Waals surface area contributed by atoms with E-state index in [0.717, 1.165) is 57.1 Å². The lowest BCUT2D eigenvalue weighted by Gasteiger charge is -2.22. The van der Waals surface area contributed by atoms with Gasteiger partial charge >= 0.3 is 0 Å². The van der Waals surface area contributed by atoms with Crippen LogP contribution in [-0.2, 0) is 17.6 Å². The quantitative estimate of drug-likeness (QED) is 0.683. The number of hydrogen-bond donors (Lipinski definition) is 0. The number of allylic oxidation sites excluding steroid dienone is 3. The van der Waals surface area contributed by atoms with E-state index in [9.17, 15) is 4.79 Å². The Labute approximate surface area is 162 Å². The van der Waals surface area contributed by atoms with E-state index in [-0.39, 0.29) is 6.04 Å². The first-order valence-corrected chi connectivity index (χ1v) is 10.0. The highest BCUT2D eigenvalue weighted by Crippen LogP contribution is 2.34. The molecule has 4 rings (SSSR count). The summed E-state index contributed by atoms with van der Waals surface area (Å²) in [5, 5.41) is 0. The molecule has 0 radical (unpaired) electrons. The average molecular weight is 357 g/mol. The van der Waals surface area contributed by atoms with Gasteiger partial charge in [0.2, 0.25) is 0 Å². The molecule has 138 valence electrons. The van der Waals surface area contributed by atoms with E-state index in [1.165, 1.54) is 27.8 Å². The van der Waals surface area contributed by atoms with Crippen molar-refractivity contribution in [3.8, 4) is 0 Å². The van der Waals surface area contributed by atoms with Crippen LogP contribution >= 0.6 is 0 Å². The molecule has 0 saturated carbocycles. The van der Waals surface area contributed by atoms with Crippen LogP contribution < -0.4 is 0 Å². The summed E-state index contributed by atoms with van der Waals surface area (Å²) >= 11 is 0. The van der Waals surface area contributed by atoms with Crippen molar-refractivity contribution < 1.29 is 4.79 Å². The zero-order valence-electron chi connectivity index (χ0n) is 15.9. The molecule has 0 aromatic heterocycles. The van der Waals surface area contributed by atoms with Crippen LogP contribution in [-0.4, -0.2) is 30.3 Å². The maximum absolute atomic E-state index is 11.2. The van der Waals surface area contributed by atoms with Gasteiger partial charge in [0.1, 0.15) is 6.29 Å². The lowest BCUT2D eigenvalue weighted by atomic mass is 9.84. The van der Waals surface area contributed by atoms with Crippen LogP contribution in [0.4, 0.5) is 0 Å². The number of carbonyl (C=O) groups is 1. The molecule has 1 heterocycles. The van der Waals surface area contributed by atoms with Gasteiger partial charge in [0, 0.05) is 0 Å². The summed E-state index contributed by atoms with van der Waals surface area (Å²) in [6.45, 7) is 6.35. The SMILES string of the molecule is C=C1C=C(c2ccccc2CCCN2CCCC2C=O)Cc2ccccc21. The third-order valence-electron chi connectivity index (χ3n) is 5.92. The fourth-order valence-corrected chi connectivity index (χ4v) is 4.51. The van der Waals surface area contributed by atoms with Crippen LogP contribution in [0.1, 0.15) is 41.5 Å². The van der Waals surface area contributed by atoms with Gasteiger partial charge in [0.15, 0.2) is 0 Å². The van der Waals surface area contributed by atoms with Crippen molar-refractivity contribution in [1.29, 1.82) is 0 Å². The normalized spacial score (nSPS) is 19.6. The number of hydrogen-bond acceptors (Lipinski definition) is 2. The Morgan fingerprint density at radius 1 is 1.07 bits per heavy atom. The van der Waals surface area contributed by atoms with Gasteiger partial charge in [-0.25, -0.2) is 0 Å². The molecule has 2 heteroatoms. The number of carbonyl (C=O) groups excluding carboxylic acids is 1. The lowest BCUT2D eigenvalue weighted by Crippen LogP contribution is -2.31. The van der Waals surface area contributed by atoms with Crippen molar-refractivity contribution in [2.45, 2.75) is 38.1 Å². The van der Waals surface area contributed by atoms with Gasteiger partial charge in [-0.2, -0.15) is 0 Å². The van der Waals surface area contributed by atoms with Crippen molar-refractivity contribution in [3.05, 3.63) is 83.4 Å². The summed E-state index contributed by atoms with van der Waals surface area (Å²) in [6.07, 6.45) is 8.64. The van der Waals surface area contributed by atoms with Gasteiger partial charge in [-0.15, -0.1) is 0 Å². The van der Waals surface area contributed by atoms with E-state index in [1.807, 2.05) is 0 Å². The average Bonchev–Trinajstić information content (AvgIpc) is 3.16. The largest absolute Gasteiger partial charge is 0.302 e. The summed E-state index contributed by atoms with van der Waals surface area (Å²) < 4.78 is 0. The first-order chi connectivity index (χ1) is 13.3. The van der Waals surface area contributed by atoms with Gasteiger partial charge < -0.3 is 4.79 Å². The fraction of sp³-hybridized carbons (Fsp3) is 0.320. The summed E-state index contributed by atoms with van der Waals surface area (Å²) in [4.78, 5) is 13.5. The topological polar surface area (TPSA) is 20.3 Å². The van der Waals surface area contributed by atoms with Crippen molar-refractivity contribution >= 4 is 17.4 Å². The van der Waals surface area contributed by atoms with Crippen molar-refractivity contribution in [1.82, 2.24) is 4.90 Å². The van der Waals surface area contributed by atoms with Gasteiger partial charge in [0.25, 0.3) is 0 Å². The Balaban J connectivity index is 1.49. The molecular formula is C25H27NO. The van der Waals surface area contributed by atoms with E-state index in [1.54, 1.807) is 0 Å². The molecule has 0 spiro atoms. The second-order valence-electron chi connectivity index (χ2n) is 7.67. The fourth-order valence-electron chi connectivity index (χ4n) is 4.51. The van der Waals surface area contributed by atoms with Crippen molar-refractivity contribution in [3.63, 3.8) is 0 Å². The Morgan fingerprint density at radius 2 is 1.85 bits per heavy atom. The molecule has 27 heavy (non-hydrogen) atoms. The van der Waals surface area contributed by atoms with Crippen LogP contribution in [0.15, 0.2) is 61.2 Å². The number of likely N-dealkylation sites (tertiary alicyclic amines) is 1. The monoisotopic (exact) mass is 357 g/mol. The third kappa shape index (κ3) is 3.81. The smallest absolute Gasteiger partial charge is 0.137 e. The van der Waals surface area contributed by atoms with Gasteiger partial charge in [0.05, 0.1) is 6.04 Å². The minimum atomic E-state index is 0.140. The predicted octanol–water partition coefficient (Wildman–Crippen LogP) is 4.94. The number of rotatable bonds is 6. The van der Waals surface area contributed by atoms with Crippen LogP contribution in [0.5, 0.6) is 0 Å². The number of aryl methyl sites for hydroxylation is 1. The number of fused-ring (bicyclic) bond motifs is 1. The number of benzene rings is 2. The van der Waals surface area contributed by atoms with Crippen LogP contribution in [0.2, 0.25) is 0 Å². The van der Waals surface area contributed by atoms with E-state index in [4.69, 9.17) is 0 Å². The molecule has 1 unspecified atom stereocenters. The summed E-state index contributed by atoms with van der Waals surface area (Å²) in [6, 6.07) is 17.5. The minimum absolute atomic E-state index is 0.140. The predicted molar refractivity (Wildman–Crippen MR) is 113 cm³/mol. The van der Waals surface area contributed by atoms with E-state index < -0.39 is 0 Å². The summed E-state index contributed by atoms with van der Waals surface area (Å²) in [5.41, 5.74) is 7.85. The molecule has 0 bridgehead atoms. The molecular weight excluding hydrogens is 330 g/mol. The van der Waals surface area contributed by atoms with Gasteiger partial charge in [-0.05, 0) is 78.6 Å². The van der Waals surface area contributed by atoms with Crippen LogP contribution in [0, 0.1) is 0 Å². The Morgan fingerprint density at radius 3 is 2.70 bits per heavy atom. The molecule has 1 aliphatic carbocycles. The molecule has 2 aliphatic rings. The molecule has 0 N–H and O–H groups in total. The van der Waals surface area contributed by atoms with Gasteiger partial charge in [-0.3, -0.25) is 4.90 Å². The van der Waals surface area contributed by atoms with Crippen molar-refractivity contribution in [2.24, 2.45) is 0 Å². The standard InChI is InChI=1S/C25H27NO/c1-19-16-22(17-21-9-3-4-12-24(19)21)25-13-5-2-8-20(25)10-6-14-26-15-7-11-23(26)18-27/h2-5,8-9,12-13,16,18,23H,1,6-7,10-11,14-15,17H2. The van der Waals surface area contributed by atoms with Crippen LogP contribution in [0.25, 0.3) is 11.1 Å². The number of aldehydes is 1. The highest BCUT2D eigenvalue weighted by molar-refractivity contribution is 5.89. The second-order valence-corrected chi connectivity index (χ2v) is 7.67. The first kappa shape index (κ1) is 17.9. The molecule has 2 nitrogen and oxygen atoms in total. The molecule has 1 aliphatic heterocycles. The zero-order chi connectivity index (χ0) is 18.6. The Kier molecular flexibility index (Phi) is 5.35. The van der Waals surface area contributed by atoms with Gasteiger partial charge in [-0.1, -0.05) is 61.2 Å². The summed E-state index contributed by atoms with van der Waals surface area (Å²) in [7, 11) is 0. The van der Waals surface area contributed by atoms with Crippen molar-refractivity contribution in [2.75, 3.05) is 13.1 Å². The second kappa shape index (κ2) is 8.06. The third-order valence-corrected chi connectivity index (χ3v) is 5.92. The first-order valence-electron chi connectivity index (χ1n) is 10.0. The van der Waals surface area contributed by atoms with E-state index >= 15 is 0 Å².